The van der Waals surface area contributed by atoms with Crippen LogP contribution in [0.2, 0.25) is 0 Å². The van der Waals surface area contributed by atoms with Crippen molar-refractivity contribution in [2.24, 2.45) is 17.8 Å². The second kappa shape index (κ2) is 11.9. The van der Waals surface area contributed by atoms with Gasteiger partial charge in [0.1, 0.15) is 6.04 Å². The molecule has 0 aliphatic carbocycles. The van der Waals surface area contributed by atoms with Crippen molar-refractivity contribution in [2.45, 2.75) is 85.2 Å². The van der Waals surface area contributed by atoms with Crippen molar-refractivity contribution < 1.29 is 24.3 Å². The number of carbonyl (C=O) groups is 4. The van der Waals surface area contributed by atoms with Crippen LogP contribution in [-0.4, -0.2) is 52.3 Å². The molecule has 2 amide bonds. The fourth-order valence-corrected chi connectivity index (χ4v) is 3.56. The average Bonchev–Trinajstić information content (AvgIpc) is 2.67. The van der Waals surface area contributed by atoms with Crippen LogP contribution in [0.4, 0.5) is 0 Å². The Morgan fingerprint density at radius 2 is 1.79 bits per heavy atom. The molecule has 166 valence electrons. The van der Waals surface area contributed by atoms with Crippen molar-refractivity contribution in [3.8, 4) is 0 Å². The van der Waals surface area contributed by atoms with Crippen LogP contribution in [0.1, 0.15) is 73.1 Å². The number of carboxylic acids is 1. The number of Topliss-reactive ketones (excluding diaryl/α,β-unsaturated/α-hetero) is 1. The van der Waals surface area contributed by atoms with Crippen molar-refractivity contribution in [1.29, 1.82) is 0 Å². The lowest BCUT2D eigenvalue weighted by molar-refractivity contribution is -0.153. The Hall–Kier alpha value is -1.96. The fourth-order valence-electron chi connectivity index (χ4n) is 3.56. The van der Waals surface area contributed by atoms with Crippen molar-refractivity contribution in [3.05, 3.63) is 0 Å². The first-order valence-electron chi connectivity index (χ1n) is 10.7. The number of carbonyl (C=O) groups excluding carboxylic acids is 3. The summed E-state index contributed by atoms with van der Waals surface area (Å²) in [6.45, 7) is 10.1. The fraction of sp³-hybridized carbons (Fsp3) is 0.810. The van der Waals surface area contributed by atoms with E-state index in [2.05, 4.69) is 10.7 Å². The number of rotatable bonds is 11. The summed E-state index contributed by atoms with van der Waals surface area (Å²) in [4.78, 5) is 49.5. The number of ketones is 1. The highest BCUT2D eigenvalue weighted by molar-refractivity contribution is 5.93. The molecular weight excluding hydrogens is 374 g/mol. The van der Waals surface area contributed by atoms with Crippen LogP contribution in [0.5, 0.6) is 0 Å². The first-order valence-corrected chi connectivity index (χ1v) is 10.7. The van der Waals surface area contributed by atoms with Gasteiger partial charge in [0.2, 0.25) is 11.8 Å². The molecule has 3 N–H and O–H groups in total. The molecule has 1 saturated heterocycles. The number of hydrogen-bond acceptors (Lipinski definition) is 5. The number of carboxylic acid groups (broad SMARTS) is 1. The highest BCUT2D eigenvalue weighted by atomic mass is 16.4. The number of hydrogen-bond donors (Lipinski definition) is 3. The number of hydrazine groups is 1. The van der Waals surface area contributed by atoms with E-state index in [0.717, 1.165) is 6.42 Å². The first kappa shape index (κ1) is 25.1. The third kappa shape index (κ3) is 7.76. The summed E-state index contributed by atoms with van der Waals surface area (Å²) in [5.41, 5.74) is 2.98. The minimum Gasteiger partial charge on any atom is -0.481 e. The predicted octanol–water partition coefficient (Wildman–Crippen LogP) is 2.13. The van der Waals surface area contributed by atoms with Crippen LogP contribution >= 0.6 is 0 Å². The lowest BCUT2D eigenvalue weighted by Crippen LogP contribution is -2.61. The predicted molar refractivity (Wildman–Crippen MR) is 110 cm³/mol. The van der Waals surface area contributed by atoms with Gasteiger partial charge in [-0.25, -0.2) is 5.43 Å². The zero-order valence-corrected chi connectivity index (χ0v) is 18.4. The minimum atomic E-state index is -1.03. The molecule has 1 heterocycles. The molecule has 2 unspecified atom stereocenters. The third-order valence-corrected chi connectivity index (χ3v) is 5.31. The van der Waals surface area contributed by atoms with Crippen molar-refractivity contribution in [2.75, 3.05) is 6.54 Å². The van der Waals surface area contributed by atoms with Gasteiger partial charge in [0, 0.05) is 18.9 Å². The van der Waals surface area contributed by atoms with Gasteiger partial charge in [-0.3, -0.25) is 24.2 Å². The second-order valence-electron chi connectivity index (χ2n) is 8.59. The standard InChI is InChI=1S/C21H37N3O5/c1-6-17(25)19(14(4)5)23-20(28)16-8-7-11-22-24(16)21(29)15(12-18(26)27)10-9-13(2)3/h13-16,19,22H,6-12H2,1-5H3,(H,23,28)(H,26,27)/t15-,16?,19?/m1/s1. The van der Waals surface area contributed by atoms with E-state index in [-0.39, 0.29) is 29.9 Å². The first-order chi connectivity index (χ1) is 13.6. The molecule has 0 saturated carbocycles. The third-order valence-electron chi connectivity index (χ3n) is 5.31. The Kier molecular flexibility index (Phi) is 10.3. The lowest BCUT2D eigenvalue weighted by Gasteiger charge is -2.38. The number of aliphatic carboxylic acids is 1. The quantitative estimate of drug-likeness (QED) is 0.480. The number of nitrogens with zero attached hydrogens (tertiary/aromatic N) is 1. The van der Waals surface area contributed by atoms with E-state index in [1.165, 1.54) is 5.01 Å². The van der Waals surface area contributed by atoms with Gasteiger partial charge in [0.15, 0.2) is 5.78 Å². The Morgan fingerprint density at radius 3 is 2.31 bits per heavy atom. The molecule has 8 heteroatoms. The van der Waals surface area contributed by atoms with Gasteiger partial charge >= 0.3 is 5.97 Å². The Morgan fingerprint density at radius 1 is 1.14 bits per heavy atom. The maximum atomic E-state index is 13.1. The van der Waals surface area contributed by atoms with E-state index in [9.17, 15) is 24.3 Å². The molecule has 0 aromatic carbocycles. The monoisotopic (exact) mass is 411 g/mol. The summed E-state index contributed by atoms with van der Waals surface area (Å²) < 4.78 is 0. The SMILES string of the molecule is CCC(=O)C(NC(=O)C1CCCNN1C(=O)[C@H](CCC(C)C)CC(=O)O)C(C)C. The van der Waals surface area contributed by atoms with Gasteiger partial charge < -0.3 is 10.4 Å². The van der Waals surface area contributed by atoms with Gasteiger partial charge in [-0.1, -0.05) is 41.0 Å². The molecule has 1 aliphatic heterocycles. The normalized spacial score (nSPS) is 19.1. The minimum absolute atomic E-state index is 0.0457. The zero-order valence-electron chi connectivity index (χ0n) is 18.4. The molecule has 0 spiro atoms. The van der Waals surface area contributed by atoms with E-state index in [4.69, 9.17) is 0 Å². The number of amides is 2. The molecule has 0 aromatic heterocycles. The summed E-state index contributed by atoms with van der Waals surface area (Å²) in [5, 5.41) is 13.4. The molecule has 1 aliphatic rings. The molecular formula is C21H37N3O5. The van der Waals surface area contributed by atoms with Crippen molar-refractivity contribution >= 4 is 23.6 Å². The molecule has 8 nitrogen and oxygen atoms in total. The molecule has 0 bridgehead atoms. The topological polar surface area (TPSA) is 116 Å². The van der Waals surface area contributed by atoms with E-state index in [1.54, 1.807) is 6.92 Å². The van der Waals surface area contributed by atoms with Crippen LogP contribution in [-0.2, 0) is 19.2 Å². The van der Waals surface area contributed by atoms with Crippen LogP contribution in [0.25, 0.3) is 0 Å². The summed E-state index contributed by atoms with van der Waals surface area (Å²) >= 11 is 0. The Labute approximate surface area is 173 Å². The van der Waals surface area contributed by atoms with Gasteiger partial charge in [0.25, 0.3) is 0 Å². The summed E-state index contributed by atoms with van der Waals surface area (Å²) in [6, 6.07) is -1.35. The summed E-state index contributed by atoms with van der Waals surface area (Å²) in [7, 11) is 0. The molecule has 3 atom stereocenters. The second-order valence-corrected chi connectivity index (χ2v) is 8.59. The van der Waals surface area contributed by atoms with Gasteiger partial charge in [-0.05, 0) is 31.1 Å². The molecule has 1 rings (SSSR count). The van der Waals surface area contributed by atoms with Gasteiger partial charge in [-0.2, -0.15) is 0 Å². The highest BCUT2D eigenvalue weighted by Crippen LogP contribution is 2.22. The van der Waals surface area contributed by atoms with E-state index >= 15 is 0 Å². The Bertz CT molecular complexity index is 591. The van der Waals surface area contributed by atoms with Crippen molar-refractivity contribution in [3.63, 3.8) is 0 Å². The van der Waals surface area contributed by atoms with Crippen LogP contribution in [0.3, 0.4) is 0 Å². The Balaban J connectivity index is 2.97. The highest BCUT2D eigenvalue weighted by Gasteiger charge is 2.37. The molecule has 1 fully saturated rings. The van der Waals surface area contributed by atoms with E-state index in [1.807, 2.05) is 27.7 Å². The van der Waals surface area contributed by atoms with E-state index in [0.29, 0.717) is 38.1 Å². The van der Waals surface area contributed by atoms with Crippen molar-refractivity contribution in [1.82, 2.24) is 15.8 Å². The largest absolute Gasteiger partial charge is 0.481 e. The molecule has 29 heavy (non-hydrogen) atoms. The maximum absolute atomic E-state index is 13.1. The van der Waals surface area contributed by atoms with E-state index < -0.39 is 24.0 Å². The van der Waals surface area contributed by atoms with Crippen LogP contribution in [0.15, 0.2) is 0 Å². The number of nitrogens with one attached hydrogen (secondary N) is 2. The summed E-state index contributed by atoms with van der Waals surface area (Å²) in [6.07, 6.45) is 2.43. The average molecular weight is 412 g/mol. The maximum Gasteiger partial charge on any atom is 0.304 e. The molecule has 0 radical (unpaired) electrons. The smallest absolute Gasteiger partial charge is 0.304 e. The van der Waals surface area contributed by atoms with Gasteiger partial charge in [0.05, 0.1) is 12.5 Å². The lowest BCUT2D eigenvalue weighted by atomic mass is 9.93. The van der Waals surface area contributed by atoms with Crippen LogP contribution < -0.4 is 10.7 Å². The zero-order chi connectivity index (χ0) is 22.1. The summed E-state index contributed by atoms with van der Waals surface area (Å²) in [5.74, 6) is -2.21. The van der Waals surface area contributed by atoms with Gasteiger partial charge in [-0.15, -0.1) is 0 Å². The molecule has 0 aromatic rings. The van der Waals surface area contributed by atoms with Crippen LogP contribution in [0, 0.1) is 17.8 Å².